The number of Topliss-reactive ketones (excluding diaryl/α,β-unsaturated/α-hetero) is 1. The van der Waals surface area contributed by atoms with Crippen molar-refractivity contribution < 1.29 is 4.79 Å². The van der Waals surface area contributed by atoms with Crippen molar-refractivity contribution in [1.29, 1.82) is 0 Å². The molecule has 1 fully saturated rings. The van der Waals surface area contributed by atoms with E-state index in [2.05, 4.69) is 0 Å². The van der Waals surface area contributed by atoms with Crippen molar-refractivity contribution in [3.8, 4) is 0 Å². The molecule has 1 saturated carbocycles. The van der Waals surface area contributed by atoms with Gasteiger partial charge in [0.15, 0.2) is 5.78 Å². The molecule has 2 aromatic rings. The SMILES string of the molecule is O=C(C[C@@H]1CC[C@H]1c1ccc(Cl)cc1Cl)c1cccc(Cl)c1. The van der Waals surface area contributed by atoms with Crippen LogP contribution in [0.4, 0.5) is 0 Å². The second-order valence-corrected chi connectivity index (χ2v) is 7.03. The molecule has 0 bridgehead atoms. The summed E-state index contributed by atoms with van der Waals surface area (Å²) in [7, 11) is 0. The van der Waals surface area contributed by atoms with Gasteiger partial charge in [-0.15, -0.1) is 0 Å². The Hall–Kier alpha value is -1.02. The van der Waals surface area contributed by atoms with E-state index < -0.39 is 0 Å². The van der Waals surface area contributed by atoms with Gasteiger partial charge in [0.1, 0.15) is 0 Å². The van der Waals surface area contributed by atoms with Crippen molar-refractivity contribution in [2.24, 2.45) is 5.92 Å². The maximum atomic E-state index is 12.4. The molecule has 1 nitrogen and oxygen atoms in total. The lowest BCUT2D eigenvalue weighted by Gasteiger charge is -2.37. The summed E-state index contributed by atoms with van der Waals surface area (Å²) < 4.78 is 0. The number of hydrogen-bond donors (Lipinski definition) is 0. The molecule has 0 heterocycles. The van der Waals surface area contributed by atoms with Crippen LogP contribution in [0.25, 0.3) is 0 Å². The summed E-state index contributed by atoms with van der Waals surface area (Å²) in [6.45, 7) is 0. The second kappa shape index (κ2) is 6.62. The van der Waals surface area contributed by atoms with Crippen LogP contribution in [0.1, 0.15) is 41.1 Å². The van der Waals surface area contributed by atoms with Crippen molar-refractivity contribution in [2.45, 2.75) is 25.2 Å². The van der Waals surface area contributed by atoms with Gasteiger partial charge in [0.25, 0.3) is 0 Å². The molecule has 0 spiro atoms. The summed E-state index contributed by atoms with van der Waals surface area (Å²) >= 11 is 18.2. The van der Waals surface area contributed by atoms with Gasteiger partial charge in [0.2, 0.25) is 0 Å². The standard InChI is InChI=1S/C18H15Cl3O/c19-13-3-1-2-12(8-13)18(22)9-11-4-6-15(11)16-7-5-14(20)10-17(16)21/h1-3,5,7-8,10-11,15H,4,6,9H2/t11-,15+/m0/s1. The van der Waals surface area contributed by atoms with Crippen molar-refractivity contribution in [2.75, 3.05) is 0 Å². The lowest BCUT2D eigenvalue weighted by atomic mass is 9.67. The molecule has 3 rings (SSSR count). The summed E-state index contributed by atoms with van der Waals surface area (Å²) in [5.41, 5.74) is 1.78. The van der Waals surface area contributed by atoms with E-state index in [1.54, 1.807) is 18.2 Å². The molecule has 4 heteroatoms. The summed E-state index contributed by atoms with van der Waals surface area (Å²) in [6.07, 6.45) is 2.65. The van der Waals surface area contributed by atoms with Crippen LogP contribution >= 0.6 is 34.8 Å². The lowest BCUT2D eigenvalue weighted by Crippen LogP contribution is -2.26. The van der Waals surface area contributed by atoms with Crippen LogP contribution in [0.5, 0.6) is 0 Å². The zero-order valence-electron chi connectivity index (χ0n) is 11.9. The van der Waals surface area contributed by atoms with E-state index in [1.165, 1.54) is 0 Å². The van der Waals surface area contributed by atoms with Gasteiger partial charge in [-0.2, -0.15) is 0 Å². The zero-order valence-corrected chi connectivity index (χ0v) is 14.1. The van der Waals surface area contributed by atoms with Crippen LogP contribution in [0.2, 0.25) is 15.1 Å². The Balaban J connectivity index is 1.72. The Bertz CT molecular complexity index is 711. The molecule has 0 amide bonds. The van der Waals surface area contributed by atoms with Gasteiger partial charge in [-0.3, -0.25) is 4.79 Å². The highest BCUT2D eigenvalue weighted by Gasteiger charge is 2.34. The Kier molecular flexibility index (Phi) is 4.77. The number of hydrogen-bond acceptors (Lipinski definition) is 1. The molecule has 1 aliphatic rings. The van der Waals surface area contributed by atoms with Gasteiger partial charge >= 0.3 is 0 Å². The number of halogens is 3. The average molecular weight is 354 g/mol. The van der Waals surface area contributed by atoms with Crippen LogP contribution in [0.15, 0.2) is 42.5 Å². The van der Waals surface area contributed by atoms with E-state index in [9.17, 15) is 4.79 Å². The molecule has 2 aromatic carbocycles. The Morgan fingerprint density at radius 2 is 1.77 bits per heavy atom. The van der Waals surface area contributed by atoms with Crippen LogP contribution in [-0.4, -0.2) is 5.78 Å². The minimum absolute atomic E-state index is 0.141. The molecule has 0 unspecified atom stereocenters. The van der Waals surface area contributed by atoms with Crippen LogP contribution in [-0.2, 0) is 0 Å². The monoisotopic (exact) mass is 352 g/mol. The van der Waals surface area contributed by atoms with E-state index in [0.29, 0.717) is 38.9 Å². The first-order valence-electron chi connectivity index (χ1n) is 7.28. The smallest absolute Gasteiger partial charge is 0.163 e. The second-order valence-electron chi connectivity index (χ2n) is 5.75. The average Bonchev–Trinajstić information content (AvgIpc) is 2.46. The van der Waals surface area contributed by atoms with E-state index in [4.69, 9.17) is 34.8 Å². The molecule has 0 aliphatic heterocycles. The van der Waals surface area contributed by atoms with E-state index in [1.807, 2.05) is 24.3 Å². The third kappa shape index (κ3) is 3.32. The van der Waals surface area contributed by atoms with Crippen LogP contribution in [0, 0.1) is 5.92 Å². The summed E-state index contributed by atoms with van der Waals surface area (Å²) in [5, 5.41) is 1.92. The minimum atomic E-state index is 0.141. The molecule has 0 radical (unpaired) electrons. The summed E-state index contributed by atoms with van der Waals surface area (Å²) in [6, 6.07) is 12.7. The van der Waals surface area contributed by atoms with Gasteiger partial charge in [-0.1, -0.05) is 53.0 Å². The molecule has 2 atom stereocenters. The Labute approximate surface area is 145 Å². The summed E-state index contributed by atoms with van der Waals surface area (Å²) in [5.74, 6) is 0.820. The van der Waals surface area contributed by atoms with E-state index in [-0.39, 0.29) is 5.78 Å². The van der Waals surface area contributed by atoms with Crippen molar-refractivity contribution in [3.05, 3.63) is 68.7 Å². The van der Waals surface area contributed by atoms with Crippen molar-refractivity contribution in [3.63, 3.8) is 0 Å². The Morgan fingerprint density at radius 3 is 2.41 bits per heavy atom. The van der Waals surface area contributed by atoms with E-state index in [0.717, 1.165) is 18.4 Å². The van der Waals surface area contributed by atoms with Crippen molar-refractivity contribution in [1.82, 2.24) is 0 Å². The van der Waals surface area contributed by atoms with Crippen molar-refractivity contribution >= 4 is 40.6 Å². The fourth-order valence-corrected chi connectivity index (χ4v) is 3.78. The van der Waals surface area contributed by atoms with Crippen LogP contribution < -0.4 is 0 Å². The first-order valence-corrected chi connectivity index (χ1v) is 8.41. The molecule has 0 saturated heterocycles. The first kappa shape index (κ1) is 15.9. The molecular weight excluding hydrogens is 339 g/mol. The molecular formula is C18H15Cl3O. The highest BCUT2D eigenvalue weighted by molar-refractivity contribution is 6.35. The van der Waals surface area contributed by atoms with E-state index >= 15 is 0 Å². The highest BCUT2D eigenvalue weighted by atomic mass is 35.5. The number of benzene rings is 2. The summed E-state index contributed by atoms with van der Waals surface area (Å²) in [4.78, 5) is 12.4. The quantitative estimate of drug-likeness (QED) is 0.580. The topological polar surface area (TPSA) is 17.1 Å². The molecule has 0 aromatic heterocycles. The fourth-order valence-electron chi connectivity index (χ4n) is 3.04. The molecule has 0 N–H and O–H groups in total. The lowest BCUT2D eigenvalue weighted by molar-refractivity contribution is 0.0919. The normalized spacial score (nSPS) is 20.5. The maximum Gasteiger partial charge on any atom is 0.163 e. The van der Waals surface area contributed by atoms with Gasteiger partial charge in [0.05, 0.1) is 0 Å². The number of carbonyl (C=O) groups excluding carboxylic acids is 1. The van der Waals surface area contributed by atoms with Gasteiger partial charge in [-0.05, 0) is 54.5 Å². The van der Waals surface area contributed by atoms with Gasteiger partial charge < -0.3 is 0 Å². The van der Waals surface area contributed by atoms with Crippen LogP contribution in [0.3, 0.4) is 0 Å². The number of rotatable bonds is 4. The zero-order chi connectivity index (χ0) is 15.7. The largest absolute Gasteiger partial charge is 0.294 e. The number of ketones is 1. The first-order chi connectivity index (χ1) is 10.5. The molecule has 114 valence electrons. The fraction of sp³-hybridized carbons (Fsp3) is 0.278. The maximum absolute atomic E-state index is 12.4. The predicted octanol–water partition coefficient (Wildman–Crippen LogP) is 6.41. The predicted molar refractivity (Wildman–Crippen MR) is 92.3 cm³/mol. The van der Waals surface area contributed by atoms with Gasteiger partial charge in [0, 0.05) is 27.1 Å². The minimum Gasteiger partial charge on any atom is -0.294 e. The third-order valence-electron chi connectivity index (χ3n) is 4.37. The van der Waals surface area contributed by atoms with Gasteiger partial charge in [-0.25, -0.2) is 0 Å². The number of carbonyl (C=O) groups is 1. The highest BCUT2D eigenvalue weighted by Crippen LogP contribution is 2.47. The molecule has 1 aliphatic carbocycles. The molecule has 22 heavy (non-hydrogen) atoms. The Morgan fingerprint density at radius 1 is 1.00 bits per heavy atom. The third-order valence-corrected chi connectivity index (χ3v) is 5.17.